The van der Waals surface area contributed by atoms with Crippen LogP contribution in [0.5, 0.6) is 0 Å². The molecule has 0 aromatic heterocycles. The van der Waals surface area contributed by atoms with Crippen molar-refractivity contribution in [2.24, 2.45) is 0 Å². The van der Waals surface area contributed by atoms with Crippen LogP contribution in [-0.4, -0.2) is 0 Å². The van der Waals surface area contributed by atoms with Gasteiger partial charge in [-0.05, 0) is 0 Å². The summed E-state index contributed by atoms with van der Waals surface area (Å²) in [4.78, 5) is 0. The molecular formula is CeLaO2Zr. The maximum Gasteiger partial charge on any atom is 4.00 e. The zero-order valence-electron chi connectivity index (χ0n) is 2.39. The first-order valence-electron chi connectivity index (χ1n) is 0. The second-order valence-corrected chi connectivity index (χ2v) is 0. The average Bonchev–Trinajstić information content (AvgIpc) is 0. The molecule has 0 bridgehead atoms. The monoisotopic (exact) mass is 401 g/mol. The third-order valence-electron chi connectivity index (χ3n) is 0. The Kier molecular flexibility index (Phi) is 210. The maximum absolute atomic E-state index is 0. The minimum absolute atomic E-state index is 0. The van der Waals surface area contributed by atoms with Crippen molar-refractivity contribution in [1.29, 1.82) is 0 Å². The van der Waals surface area contributed by atoms with Crippen LogP contribution in [0.25, 0.3) is 0 Å². The van der Waals surface area contributed by atoms with Gasteiger partial charge >= 0.3 is 26.2 Å². The predicted molar refractivity (Wildman–Crippen MR) is 1.37 cm³/mol. The third-order valence-corrected chi connectivity index (χ3v) is 0. The van der Waals surface area contributed by atoms with E-state index in [0.29, 0.717) is 0 Å². The molecule has 0 aliphatic heterocycles. The average molecular weight is 402 g/mol. The van der Waals surface area contributed by atoms with Gasteiger partial charge in [-0.15, -0.1) is 0 Å². The van der Waals surface area contributed by atoms with Crippen LogP contribution in [0.4, 0.5) is 0 Å². The molecule has 0 fully saturated rings. The molecule has 0 spiro atoms. The van der Waals surface area contributed by atoms with Gasteiger partial charge in [-0.3, -0.25) is 0 Å². The zero-order chi connectivity index (χ0) is 0. The first kappa shape index (κ1) is 40.0. The SMILES string of the molecule is [Ce].[La].[O-2].[O-2].[Zr+4]. The van der Waals surface area contributed by atoms with E-state index in [1.165, 1.54) is 0 Å². The summed E-state index contributed by atoms with van der Waals surface area (Å²) in [5, 5.41) is 0. The summed E-state index contributed by atoms with van der Waals surface area (Å²) in [6.45, 7) is 0. The Morgan fingerprint density at radius 1 is 0.800 bits per heavy atom. The van der Waals surface area contributed by atoms with Crippen molar-refractivity contribution in [3.05, 3.63) is 0 Å². The smallest absolute Gasteiger partial charge is 2.00 e. The summed E-state index contributed by atoms with van der Waals surface area (Å²) in [6, 6.07) is 0. The molecule has 0 saturated carbocycles. The molecule has 0 N–H and O–H groups in total. The maximum atomic E-state index is 0. The molecule has 0 aromatic carbocycles. The summed E-state index contributed by atoms with van der Waals surface area (Å²) < 4.78 is 0. The van der Waals surface area contributed by atoms with Crippen LogP contribution < -0.4 is 0 Å². The fourth-order valence-electron chi connectivity index (χ4n) is 0. The minimum Gasteiger partial charge on any atom is -2.00 e. The molecule has 0 unspecified atom stereocenters. The Morgan fingerprint density at radius 3 is 0.800 bits per heavy atom. The Labute approximate surface area is 112 Å². The molecule has 0 aromatic rings. The number of hydrogen-bond acceptors (Lipinski definition) is 0. The molecule has 0 saturated heterocycles. The van der Waals surface area contributed by atoms with Crippen molar-refractivity contribution in [3.63, 3.8) is 0 Å². The molecule has 5 heteroatoms. The summed E-state index contributed by atoms with van der Waals surface area (Å²) in [6.07, 6.45) is 0. The molecule has 23 valence electrons. The van der Waals surface area contributed by atoms with E-state index in [1.54, 1.807) is 0 Å². The molecule has 0 aliphatic rings. The van der Waals surface area contributed by atoms with Gasteiger partial charge < -0.3 is 11.0 Å². The normalized spacial score (nSPS) is 0. The summed E-state index contributed by atoms with van der Waals surface area (Å²) in [5.74, 6) is 0. The van der Waals surface area contributed by atoms with Gasteiger partial charge in [0.2, 0.25) is 0 Å². The Hall–Kier alpha value is 3.37. The first-order chi connectivity index (χ1) is 0. The van der Waals surface area contributed by atoms with Crippen molar-refractivity contribution in [3.8, 4) is 0 Å². The second kappa shape index (κ2) is 26.3. The zero-order valence-corrected chi connectivity index (χ0v) is 11.6. The Bertz CT molecular complexity index is 9.61. The molecule has 5 heavy (non-hydrogen) atoms. The third kappa shape index (κ3) is 18.7. The molecule has 0 rings (SSSR count). The Balaban J connectivity index is 0. The predicted octanol–water partition coefficient (Wildman–Crippen LogP) is -0.240. The fraction of sp³-hybridized carbons (Fsp3) is 0. The van der Waals surface area contributed by atoms with Gasteiger partial charge in [-0.2, -0.15) is 0 Å². The van der Waals surface area contributed by atoms with Gasteiger partial charge in [0.1, 0.15) is 0 Å². The first-order valence-corrected chi connectivity index (χ1v) is 0. The van der Waals surface area contributed by atoms with Gasteiger partial charge in [-0.25, -0.2) is 0 Å². The largest absolute Gasteiger partial charge is 4.00 e. The molecule has 2 nitrogen and oxygen atoms in total. The molecule has 1 radical (unpaired) electrons. The van der Waals surface area contributed by atoms with Crippen LogP contribution in [0.15, 0.2) is 0 Å². The molecule has 0 aliphatic carbocycles. The van der Waals surface area contributed by atoms with Crippen molar-refractivity contribution in [2.45, 2.75) is 0 Å². The van der Waals surface area contributed by atoms with E-state index in [-0.39, 0.29) is 115 Å². The van der Waals surface area contributed by atoms with Gasteiger partial charge in [-0.1, -0.05) is 0 Å². The second-order valence-electron chi connectivity index (χ2n) is 0. The molecular weight excluding hydrogens is 402 g/mol. The number of hydrogen-bond donors (Lipinski definition) is 0. The topological polar surface area (TPSA) is 57.0 Å². The van der Waals surface area contributed by atoms with E-state index in [1.807, 2.05) is 0 Å². The van der Waals surface area contributed by atoms with Gasteiger partial charge in [0.25, 0.3) is 0 Å². The fourth-order valence-corrected chi connectivity index (χ4v) is 0. The van der Waals surface area contributed by atoms with Gasteiger partial charge in [0.15, 0.2) is 0 Å². The van der Waals surface area contributed by atoms with E-state index in [4.69, 9.17) is 0 Å². The molecule has 0 atom stereocenters. The summed E-state index contributed by atoms with van der Waals surface area (Å²) in [5.41, 5.74) is 0. The van der Waals surface area contributed by atoms with E-state index < -0.39 is 0 Å². The van der Waals surface area contributed by atoms with E-state index in [2.05, 4.69) is 0 Å². The van der Waals surface area contributed by atoms with E-state index in [0.717, 1.165) is 0 Å². The molecule has 0 amide bonds. The summed E-state index contributed by atoms with van der Waals surface area (Å²) >= 11 is 0. The van der Waals surface area contributed by atoms with E-state index >= 15 is 0 Å². The minimum atomic E-state index is 0. The van der Waals surface area contributed by atoms with Crippen LogP contribution >= 0.6 is 0 Å². The molecule has 0 heterocycles. The number of rotatable bonds is 0. The van der Waals surface area contributed by atoms with Crippen molar-refractivity contribution >= 4 is 0 Å². The van der Waals surface area contributed by atoms with Crippen LogP contribution in [-0.2, 0) is 37.2 Å². The van der Waals surface area contributed by atoms with Crippen LogP contribution in [0, 0.1) is 77.3 Å². The van der Waals surface area contributed by atoms with E-state index in [9.17, 15) is 0 Å². The Morgan fingerprint density at radius 2 is 0.800 bits per heavy atom. The van der Waals surface area contributed by atoms with Gasteiger partial charge in [0, 0.05) is 77.3 Å². The van der Waals surface area contributed by atoms with Crippen molar-refractivity contribution in [1.82, 2.24) is 0 Å². The van der Waals surface area contributed by atoms with Crippen LogP contribution in [0.3, 0.4) is 0 Å². The van der Waals surface area contributed by atoms with Gasteiger partial charge in [0.05, 0.1) is 0 Å². The van der Waals surface area contributed by atoms with Crippen LogP contribution in [0.2, 0.25) is 0 Å². The quantitative estimate of drug-likeness (QED) is 0.537. The van der Waals surface area contributed by atoms with Crippen molar-refractivity contribution < 1.29 is 115 Å². The summed E-state index contributed by atoms with van der Waals surface area (Å²) in [7, 11) is 0. The standard InChI is InChI=1S/Ce.La.2O.Zr/q;;2*-2;+4. The van der Waals surface area contributed by atoms with Crippen LogP contribution in [0.1, 0.15) is 0 Å². The van der Waals surface area contributed by atoms with Crippen molar-refractivity contribution in [2.75, 3.05) is 0 Å².